The summed E-state index contributed by atoms with van der Waals surface area (Å²) in [5, 5.41) is 8.63. The fourth-order valence-electron chi connectivity index (χ4n) is 3.08. The maximum atomic E-state index is 10.5. The van der Waals surface area contributed by atoms with Crippen LogP contribution in [-0.4, -0.2) is 11.1 Å². The normalized spacial score (nSPS) is 30.1. The summed E-state index contributed by atoms with van der Waals surface area (Å²) >= 11 is 0. The quantitative estimate of drug-likeness (QED) is 0.698. The number of aliphatic carboxylic acids is 1. The molecule has 1 saturated carbocycles. The maximum absolute atomic E-state index is 10.5. The number of rotatable bonds is 4. The summed E-state index contributed by atoms with van der Waals surface area (Å²) in [4.78, 5) is 10.5. The Bertz CT molecular complexity index is 278. The van der Waals surface area contributed by atoms with E-state index in [-0.39, 0.29) is 0 Å². The maximum Gasteiger partial charge on any atom is 0.303 e. The lowest BCUT2D eigenvalue weighted by molar-refractivity contribution is -0.137. The Kier molecular flexibility index (Phi) is 2.62. The molecule has 1 fully saturated rings. The highest BCUT2D eigenvalue weighted by Crippen LogP contribution is 2.50. The van der Waals surface area contributed by atoms with E-state index in [1.807, 2.05) is 0 Å². The van der Waals surface area contributed by atoms with Crippen molar-refractivity contribution in [3.05, 3.63) is 11.1 Å². The summed E-state index contributed by atoms with van der Waals surface area (Å²) in [7, 11) is 0. The third-order valence-electron chi connectivity index (χ3n) is 3.85. The molecule has 2 atom stereocenters. The molecule has 78 valence electrons. The van der Waals surface area contributed by atoms with Crippen LogP contribution in [0.15, 0.2) is 11.1 Å². The van der Waals surface area contributed by atoms with Crippen LogP contribution in [0.25, 0.3) is 0 Å². The third-order valence-corrected chi connectivity index (χ3v) is 3.85. The van der Waals surface area contributed by atoms with Crippen molar-refractivity contribution in [3.8, 4) is 0 Å². The molecule has 0 aromatic carbocycles. The molecule has 0 aliphatic heterocycles. The van der Waals surface area contributed by atoms with Crippen LogP contribution in [0, 0.1) is 11.8 Å². The van der Waals surface area contributed by atoms with E-state index in [0.717, 1.165) is 12.3 Å². The van der Waals surface area contributed by atoms with E-state index >= 15 is 0 Å². The Morgan fingerprint density at radius 3 is 2.71 bits per heavy atom. The average molecular weight is 194 g/mol. The van der Waals surface area contributed by atoms with Crippen LogP contribution in [0.3, 0.4) is 0 Å². The molecule has 0 heterocycles. The molecule has 1 N–H and O–H groups in total. The van der Waals surface area contributed by atoms with Crippen LogP contribution in [0.5, 0.6) is 0 Å². The third kappa shape index (κ3) is 1.70. The van der Waals surface area contributed by atoms with E-state index in [4.69, 9.17) is 5.11 Å². The first-order chi connectivity index (χ1) is 6.70. The molecule has 2 aliphatic rings. The first-order valence-electron chi connectivity index (χ1n) is 5.62. The smallest absolute Gasteiger partial charge is 0.303 e. The largest absolute Gasteiger partial charge is 0.481 e. The van der Waals surface area contributed by atoms with Crippen molar-refractivity contribution in [2.75, 3.05) is 0 Å². The minimum atomic E-state index is -0.641. The van der Waals surface area contributed by atoms with Gasteiger partial charge in [0.05, 0.1) is 0 Å². The minimum absolute atomic E-state index is 0.357. The summed E-state index contributed by atoms with van der Waals surface area (Å²) < 4.78 is 0. The van der Waals surface area contributed by atoms with Crippen LogP contribution < -0.4 is 0 Å². The number of carbonyl (C=O) groups is 1. The van der Waals surface area contributed by atoms with Crippen molar-refractivity contribution < 1.29 is 9.90 Å². The first-order valence-corrected chi connectivity index (χ1v) is 5.62. The fourth-order valence-corrected chi connectivity index (χ4v) is 3.08. The summed E-state index contributed by atoms with van der Waals surface area (Å²) in [5.41, 5.74) is 3.33. The highest BCUT2D eigenvalue weighted by Gasteiger charge is 2.37. The molecule has 0 spiro atoms. The van der Waals surface area contributed by atoms with Gasteiger partial charge in [-0.1, -0.05) is 18.1 Å². The Labute approximate surface area is 85.0 Å². The highest BCUT2D eigenvalue weighted by atomic mass is 16.4. The van der Waals surface area contributed by atoms with Crippen LogP contribution in [0.4, 0.5) is 0 Å². The van der Waals surface area contributed by atoms with E-state index < -0.39 is 5.97 Å². The highest BCUT2D eigenvalue weighted by molar-refractivity contribution is 5.66. The second kappa shape index (κ2) is 3.76. The molecule has 0 radical (unpaired) electrons. The molecule has 2 rings (SSSR count). The van der Waals surface area contributed by atoms with E-state index in [1.54, 1.807) is 11.1 Å². The van der Waals surface area contributed by atoms with Crippen molar-refractivity contribution in [3.63, 3.8) is 0 Å². The topological polar surface area (TPSA) is 37.3 Å². The number of hydrogen-bond acceptors (Lipinski definition) is 1. The van der Waals surface area contributed by atoms with Crippen molar-refractivity contribution in [1.29, 1.82) is 0 Å². The molecule has 0 saturated heterocycles. The lowest BCUT2D eigenvalue weighted by Crippen LogP contribution is -2.11. The molecule has 0 amide bonds. The lowest BCUT2D eigenvalue weighted by Gasteiger charge is -2.20. The van der Waals surface area contributed by atoms with Crippen LogP contribution >= 0.6 is 0 Å². The molecular weight excluding hydrogens is 176 g/mol. The molecule has 2 bridgehead atoms. The predicted octanol–water partition coefficient (Wildman–Crippen LogP) is 2.99. The van der Waals surface area contributed by atoms with E-state index in [1.165, 1.54) is 25.7 Å². The monoisotopic (exact) mass is 194 g/mol. The van der Waals surface area contributed by atoms with Gasteiger partial charge in [-0.25, -0.2) is 0 Å². The molecule has 2 heteroatoms. The van der Waals surface area contributed by atoms with Crippen LogP contribution in [0.1, 0.15) is 45.4 Å². The van der Waals surface area contributed by atoms with Gasteiger partial charge in [-0.3, -0.25) is 4.79 Å². The minimum Gasteiger partial charge on any atom is -0.481 e. The number of carboxylic acids is 1. The molecule has 2 nitrogen and oxygen atoms in total. The van der Waals surface area contributed by atoms with Crippen molar-refractivity contribution in [1.82, 2.24) is 0 Å². The number of allylic oxidation sites excluding steroid dienone is 2. The van der Waals surface area contributed by atoms with Gasteiger partial charge in [0.25, 0.3) is 0 Å². The van der Waals surface area contributed by atoms with Gasteiger partial charge in [-0.05, 0) is 43.9 Å². The van der Waals surface area contributed by atoms with E-state index in [2.05, 4.69) is 6.92 Å². The van der Waals surface area contributed by atoms with Crippen molar-refractivity contribution in [2.45, 2.75) is 45.4 Å². The first kappa shape index (κ1) is 9.75. The van der Waals surface area contributed by atoms with Gasteiger partial charge >= 0.3 is 5.97 Å². The van der Waals surface area contributed by atoms with Gasteiger partial charge in [0.1, 0.15) is 0 Å². The van der Waals surface area contributed by atoms with E-state index in [0.29, 0.717) is 12.3 Å². The summed E-state index contributed by atoms with van der Waals surface area (Å²) in [6.07, 6.45) is 6.18. The van der Waals surface area contributed by atoms with Gasteiger partial charge in [0.15, 0.2) is 0 Å². The summed E-state index contributed by atoms with van der Waals surface area (Å²) in [5.74, 6) is 0.827. The zero-order valence-corrected chi connectivity index (χ0v) is 8.75. The second-order valence-electron chi connectivity index (χ2n) is 4.63. The zero-order chi connectivity index (χ0) is 10.1. The number of fused-ring (bicyclic) bond motifs is 2. The van der Waals surface area contributed by atoms with Gasteiger partial charge in [0, 0.05) is 6.42 Å². The number of carboxylic acid groups (broad SMARTS) is 1. The van der Waals surface area contributed by atoms with Gasteiger partial charge in [0.2, 0.25) is 0 Å². The molecule has 0 aromatic heterocycles. The molecule has 0 aromatic rings. The molecule has 2 unspecified atom stereocenters. The SMILES string of the molecule is CCC1=C2CC(CCC(=O)O)C(C1)C2. The summed E-state index contributed by atoms with van der Waals surface area (Å²) in [6, 6.07) is 0. The standard InChI is InChI=1S/C12H18O2/c1-2-8-5-11-7-10(8)6-9(11)3-4-12(13)14/h9,11H,2-7H2,1H3,(H,13,14). The Hall–Kier alpha value is -0.790. The Balaban J connectivity index is 1.90. The predicted molar refractivity (Wildman–Crippen MR) is 55.0 cm³/mol. The van der Waals surface area contributed by atoms with Crippen LogP contribution in [-0.2, 0) is 4.79 Å². The van der Waals surface area contributed by atoms with Gasteiger partial charge in [-0.2, -0.15) is 0 Å². The zero-order valence-electron chi connectivity index (χ0n) is 8.75. The summed E-state index contributed by atoms with van der Waals surface area (Å²) in [6.45, 7) is 2.23. The molecular formula is C12H18O2. The van der Waals surface area contributed by atoms with Crippen molar-refractivity contribution >= 4 is 5.97 Å². The Morgan fingerprint density at radius 2 is 2.21 bits per heavy atom. The van der Waals surface area contributed by atoms with Gasteiger partial charge in [-0.15, -0.1) is 0 Å². The van der Waals surface area contributed by atoms with Crippen molar-refractivity contribution in [2.24, 2.45) is 11.8 Å². The van der Waals surface area contributed by atoms with Gasteiger partial charge < -0.3 is 5.11 Å². The molecule has 2 aliphatic carbocycles. The molecule has 14 heavy (non-hydrogen) atoms. The Morgan fingerprint density at radius 1 is 1.43 bits per heavy atom. The fraction of sp³-hybridized carbons (Fsp3) is 0.750. The average Bonchev–Trinajstić information content (AvgIpc) is 2.72. The second-order valence-corrected chi connectivity index (χ2v) is 4.63. The van der Waals surface area contributed by atoms with E-state index in [9.17, 15) is 4.79 Å². The lowest BCUT2D eigenvalue weighted by atomic mass is 9.84. The number of hydrogen-bond donors (Lipinski definition) is 1. The van der Waals surface area contributed by atoms with Crippen LogP contribution in [0.2, 0.25) is 0 Å².